The minimum Gasteiger partial charge on any atom is -0.258 e. The largest absolute Gasteiger partial charge is 0.324 e. The van der Waals surface area contributed by atoms with E-state index < -0.39 is 31.3 Å². The fraction of sp³-hybridized carbons (Fsp3) is 0.400. The molecule has 0 saturated heterocycles. The van der Waals surface area contributed by atoms with Gasteiger partial charge in [-0.1, -0.05) is 12.5 Å². The van der Waals surface area contributed by atoms with Crippen molar-refractivity contribution in [1.82, 2.24) is 4.72 Å². The summed E-state index contributed by atoms with van der Waals surface area (Å²) in [5.41, 5.74) is -1.01. The Hall–Kier alpha value is -1.54. The summed E-state index contributed by atoms with van der Waals surface area (Å²) in [6.45, 7) is 0. The topological polar surface area (TPSA) is 89.3 Å². The summed E-state index contributed by atoms with van der Waals surface area (Å²) in [5, 5.41) is 10.7. The van der Waals surface area contributed by atoms with Crippen molar-refractivity contribution in [2.75, 3.05) is 0 Å². The van der Waals surface area contributed by atoms with Gasteiger partial charge in [-0.15, -0.1) is 0 Å². The molecule has 1 N–H and O–H groups in total. The summed E-state index contributed by atoms with van der Waals surface area (Å²) in [7, 11) is -4.05. The van der Waals surface area contributed by atoms with E-state index >= 15 is 0 Å². The molecule has 0 aliphatic heterocycles. The van der Waals surface area contributed by atoms with Gasteiger partial charge < -0.3 is 0 Å². The molecule has 98 valence electrons. The van der Waals surface area contributed by atoms with E-state index in [1.807, 2.05) is 0 Å². The van der Waals surface area contributed by atoms with Gasteiger partial charge in [-0.05, 0) is 25.0 Å². The van der Waals surface area contributed by atoms with Gasteiger partial charge in [0.2, 0.25) is 15.8 Å². The van der Waals surface area contributed by atoms with Gasteiger partial charge in [0.15, 0.2) is 4.90 Å². The Morgan fingerprint density at radius 3 is 2.56 bits per heavy atom. The Balaban J connectivity index is 2.43. The van der Waals surface area contributed by atoms with Crippen LogP contribution in [0.4, 0.5) is 10.1 Å². The Labute approximate surface area is 103 Å². The summed E-state index contributed by atoms with van der Waals surface area (Å²) in [4.78, 5) is 9.08. The quantitative estimate of drug-likeness (QED) is 0.666. The fourth-order valence-electron chi connectivity index (χ4n) is 1.70. The summed E-state index contributed by atoms with van der Waals surface area (Å²) < 4.78 is 39.5. The Morgan fingerprint density at radius 2 is 2.06 bits per heavy atom. The van der Waals surface area contributed by atoms with Crippen LogP contribution in [-0.4, -0.2) is 19.4 Å². The first-order chi connectivity index (χ1) is 8.42. The second kappa shape index (κ2) is 4.62. The van der Waals surface area contributed by atoms with Crippen LogP contribution in [0.1, 0.15) is 19.3 Å². The average Bonchev–Trinajstić information content (AvgIpc) is 2.23. The zero-order valence-electron chi connectivity index (χ0n) is 9.30. The van der Waals surface area contributed by atoms with Gasteiger partial charge in [0, 0.05) is 6.04 Å². The smallest absolute Gasteiger partial charge is 0.258 e. The molecule has 0 unspecified atom stereocenters. The highest BCUT2D eigenvalue weighted by atomic mass is 32.2. The molecule has 8 heteroatoms. The molecule has 0 atom stereocenters. The molecule has 0 aromatic heterocycles. The number of nitrogens with one attached hydrogen (secondary N) is 1. The van der Waals surface area contributed by atoms with Crippen LogP contribution in [0.5, 0.6) is 0 Å². The number of nitro benzene ring substituents is 1. The molecule has 0 spiro atoms. The lowest BCUT2D eigenvalue weighted by molar-refractivity contribution is -0.390. The van der Waals surface area contributed by atoms with E-state index in [0.717, 1.165) is 24.6 Å². The monoisotopic (exact) mass is 274 g/mol. The van der Waals surface area contributed by atoms with Gasteiger partial charge in [-0.25, -0.2) is 13.1 Å². The molecule has 6 nitrogen and oxygen atoms in total. The fourth-order valence-corrected chi connectivity index (χ4v) is 3.18. The third kappa shape index (κ3) is 2.34. The maximum atomic E-state index is 13.3. The highest BCUT2D eigenvalue weighted by Crippen LogP contribution is 2.28. The molecule has 2 rings (SSSR count). The molecule has 0 bridgehead atoms. The van der Waals surface area contributed by atoms with Crippen LogP contribution >= 0.6 is 0 Å². The summed E-state index contributed by atoms with van der Waals surface area (Å²) >= 11 is 0. The van der Waals surface area contributed by atoms with Gasteiger partial charge in [0.05, 0.1) is 4.92 Å². The third-order valence-corrected chi connectivity index (χ3v) is 4.40. The molecule has 0 amide bonds. The third-order valence-electron chi connectivity index (χ3n) is 2.85. The first-order valence-electron chi connectivity index (χ1n) is 5.37. The number of nitrogens with zero attached hydrogens (tertiary/aromatic N) is 1. The van der Waals surface area contributed by atoms with Crippen molar-refractivity contribution in [2.45, 2.75) is 30.2 Å². The van der Waals surface area contributed by atoms with Crippen molar-refractivity contribution < 1.29 is 17.7 Å². The SMILES string of the molecule is O=[N+]([O-])c1c(F)cccc1S(=O)(=O)NC1CCC1. The molecule has 1 saturated carbocycles. The predicted molar refractivity (Wildman–Crippen MR) is 61.0 cm³/mol. The van der Waals surface area contributed by atoms with Crippen molar-refractivity contribution in [3.63, 3.8) is 0 Å². The number of para-hydroxylation sites is 1. The van der Waals surface area contributed by atoms with Crippen LogP contribution < -0.4 is 4.72 Å². The van der Waals surface area contributed by atoms with E-state index in [2.05, 4.69) is 4.72 Å². The average molecular weight is 274 g/mol. The van der Waals surface area contributed by atoms with E-state index in [1.54, 1.807) is 0 Å². The Morgan fingerprint density at radius 1 is 1.39 bits per heavy atom. The maximum absolute atomic E-state index is 13.3. The molecule has 18 heavy (non-hydrogen) atoms. The summed E-state index contributed by atoms with van der Waals surface area (Å²) in [6.07, 6.45) is 2.31. The highest BCUT2D eigenvalue weighted by Gasteiger charge is 2.32. The zero-order chi connectivity index (χ0) is 13.3. The number of hydrogen-bond acceptors (Lipinski definition) is 4. The minimum absolute atomic E-state index is 0.210. The van der Waals surface area contributed by atoms with Gasteiger partial charge in [0.1, 0.15) is 0 Å². The van der Waals surface area contributed by atoms with Crippen molar-refractivity contribution in [3.05, 3.63) is 34.1 Å². The van der Waals surface area contributed by atoms with Crippen LogP contribution in [0.3, 0.4) is 0 Å². The molecule has 1 aliphatic rings. The van der Waals surface area contributed by atoms with Crippen molar-refractivity contribution >= 4 is 15.7 Å². The number of nitro groups is 1. The van der Waals surface area contributed by atoms with Gasteiger partial charge in [0.25, 0.3) is 0 Å². The van der Waals surface area contributed by atoms with Crippen molar-refractivity contribution in [3.8, 4) is 0 Å². The van der Waals surface area contributed by atoms with Gasteiger partial charge >= 0.3 is 5.69 Å². The maximum Gasteiger partial charge on any atom is 0.324 e. The molecular formula is C10H11FN2O4S. The molecule has 1 aliphatic carbocycles. The minimum atomic E-state index is -4.05. The Kier molecular flexibility index (Phi) is 3.31. The number of rotatable bonds is 4. The van der Waals surface area contributed by atoms with Gasteiger partial charge in [-0.2, -0.15) is 4.39 Å². The summed E-state index contributed by atoms with van der Waals surface area (Å²) in [5.74, 6) is -1.16. The lowest BCUT2D eigenvalue weighted by atomic mass is 9.94. The van der Waals surface area contributed by atoms with Crippen LogP contribution in [0.2, 0.25) is 0 Å². The van der Waals surface area contributed by atoms with Crippen LogP contribution in [-0.2, 0) is 10.0 Å². The number of sulfonamides is 1. The van der Waals surface area contributed by atoms with Crippen LogP contribution in [0, 0.1) is 15.9 Å². The molecular weight excluding hydrogens is 263 g/mol. The lowest BCUT2D eigenvalue weighted by Gasteiger charge is -2.25. The van der Waals surface area contributed by atoms with Crippen molar-refractivity contribution in [1.29, 1.82) is 0 Å². The number of hydrogen-bond donors (Lipinski definition) is 1. The van der Waals surface area contributed by atoms with E-state index in [1.165, 1.54) is 0 Å². The molecule has 0 radical (unpaired) electrons. The standard InChI is InChI=1S/C10H11FN2O4S/c11-8-5-2-6-9(10(8)13(14)15)18(16,17)12-7-3-1-4-7/h2,5-7,12H,1,3-4H2. The molecule has 1 aromatic carbocycles. The van der Waals surface area contributed by atoms with Crippen LogP contribution in [0.15, 0.2) is 23.1 Å². The van der Waals surface area contributed by atoms with E-state index in [0.29, 0.717) is 12.8 Å². The number of benzene rings is 1. The van der Waals surface area contributed by atoms with Gasteiger partial charge in [-0.3, -0.25) is 10.1 Å². The van der Waals surface area contributed by atoms with Crippen LogP contribution in [0.25, 0.3) is 0 Å². The zero-order valence-corrected chi connectivity index (χ0v) is 10.1. The second-order valence-electron chi connectivity index (χ2n) is 4.09. The summed E-state index contributed by atoms with van der Waals surface area (Å²) in [6, 6.07) is 2.82. The highest BCUT2D eigenvalue weighted by molar-refractivity contribution is 7.89. The first kappa shape index (κ1) is 12.9. The second-order valence-corrected chi connectivity index (χ2v) is 5.78. The molecule has 0 heterocycles. The Bertz CT molecular complexity index is 584. The van der Waals surface area contributed by atoms with Crippen molar-refractivity contribution in [2.24, 2.45) is 0 Å². The predicted octanol–water partition coefficient (Wildman–Crippen LogP) is 1.56. The first-order valence-corrected chi connectivity index (χ1v) is 6.85. The lowest BCUT2D eigenvalue weighted by Crippen LogP contribution is -2.39. The number of halogens is 1. The normalized spacial score (nSPS) is 16.3. The molecule has 1 aromatic rings. The molecule has 1 fully saturated rings. The van der Waals surface area contributed by atoms with E-state index in [-0.39, 0.29) is 6.04 Å². The van der Waals surface area contributed by atoms with E-state index in [4.69, 9.17) is 0 Å². The van der Waals surface area contributed by atoms with E-state index in [9.17, 15) is 22.9 Å².